The molecule has 3 N–H and O–H groups in total. The van der Waals surface area contributed by atoms with Crippen LogP contribution in [0.25, 0.3) is 17.0 Å². The van der Waals surface area contributed by atoms with Gasteiger partial charge in [0.1, 0.15) is 0 Å². The molecular weight excluding hydrogens is 378 g/mol. The minimum atomic E-state index is -0.562. The number of nitrogens with one attached hydrogen (secondary N) is 2. The van der Waals surface area contributed by atoms with Gasteiger partial charge in [0.2, 0.25) is 5.91 Å². The van der Waals surface area contributed by atoms with Gasteiger partial charge in [-0.15, -0.1) is 0 Å². The summed E-state index contributed by atoms with van der Waals surface area (Å²) in [4.78, 5) is 28.9. The highest BCUT2D eigenvalue weighted by Crippen LogP contribution is 2.37. The Bertz CT molecular complexity index is 1120. The van der Waals surface area contributed by atoms with E-state index >= 15 is 0 Å². The second-order valence-electron chi connectivity index (χ2n) is 7.64. The molecule has 30 heavy (non-hydrogen) atoms. The average Bonchev–Trinajstić information content (AvgIpc) is 3.36. The number of amides is 2. The van der Waals surface area contributed by atoms with E-state index in [9.17, 15) is 9.59 Å². The summed E-state index contributed by atoms with van der Waals surface area (Å²) in [5, 5.41) is 9.81. The number of carbonyl (C=O) groups is 2. The van der Waals surface area contributed by atoms with Gasteiger partial charge in [-0.3, -0.25) is 14.8 Å². The Kier molecular flexibility index (Phi) is 5.68. The van der Waals surface area contributed by atoms with Crippen LogP contribution in [-0.2, 0) is 22.4 Å². The minimum Gasteiger partial charge on any atom is -0.361 e. The smallest absolute Gasteiger partial charge is 0.267 e. The van der Waals surface area contributed by atoms with Crippen molar-refractivity contribution in [3.05, 3.63) is 77.0 Å². The summed E-state index contributed by atoms with van der Waals surface area (Å²) in [5.74, 6) is -0.482. The molecule has 4 rings (SSSR count). The SMILES string of the molecule is CC(=O)N(CCc1c[nH]c2ccccc12)C1CCc2cc(/C=C/C(=O)NO)ccc21. The van der Waals surface area contributed by atoms with Gasteiger partial charge in [0.05, 0.1) is 6.04 Å². The number of aryl methyl sites for hydroxylation is 1. The molecule has 6 heteroatoms. The Labute approximate surface area is 175 Å². The molecule has 0 bridgehead atoms. The van der Waals surface area contributed by atoms with Gasteiger partial charge >= 0.3 is 0 Å². The number of aromatic nitrogens is 1. The number of fused-ring (bicyclic) bond motifs is 2. The zero-order valence-electron chi connectivity index (χ0n) is 16.9. The fourth-order valence-corrected chi connectivity index (χ4v) is 4.36. The lowest BCUT2D eigenvalue weighted by Gasteiger charge is -2.29. The van der Waals surface area contributed by atoms with E-state index < -0.39 is 5.91 Å². The van der Waals surface area contributed by atoms with E-state index in [0.717, 1.165) is 30.3 Å². The summed E-state index contributed by atoms with van der Waals surface area (Å²) in [5.41, 5.74) is 7.19. The molecular formula is C24H25N3O3. The third kappa shape index (κ3) is 4.00. The van der Waals surface area contributed by atoms with Crippen molar-refractivity contribution in [1.29, 1.82) is 0 Å². The maximum absolute atomic E-state index is 12.5. The van der Waals surface area contributed by atoms with E-state index in [4.69, 9.17) is 5.21 Å². The van der Waals surface area contributed by atoms with E-state index in [1.54, 1.807) is 18.5 Å². The van der Waals surface area contributed by atoms with Crippen LogP contribution in [0.5, 0.6) is 0 Å². The second kappa shape index (κ2) is 8.55. The molecule has 1 aliphatic rings. The molecule has 154 valence electrons. The van der Waals surface area contributed by atoms with Crippen molar-refractivity contribution in [2.24, 2.45) is 0 Å². The van der Waals surface area contributed by atoms with Gasteiger partial charge < -0.3 is 9.88 Å². The predicted octanol–water partition coefficient (Wildman–Crippen LogP) is 3.77. The molecule has 0 saturated heterocycles. The Morgan fingerprint density at radius 2 is 2.10 bits per heavy atom. The highest BCUT2D eigenvalue weighted by molar-refractivity contribution is 5.90. The number of hydrogen-bond donors (Lipinski definition) is 3. The number of para-hydroxylation sites is 1. The van der Waals surface area contributed by atoms with Crippen LogP contribution >= 0.6 is 0 Å². The number of hydroxylamine groups is 1. The lowest BCUT2D eigenvalue weighted by molar-refractivity contribution is -0.131. The molecule has 3 aromatic rings. The summed E-state index contributed by atoms with van der Waals surface area (Å²) >= 11 is 0. The first kappa shape index (κ1) is 19.9. The van der Waals surface area contributed by atoms with Crippen LogP contribution in [0.1, 0.15) is 41.6 Å². The number of hydrogen-bond acceptors (Lipinski definition) is 3. The van der Waals surface area contributed by atoms with Crippen LogP contribution in [-0.4, -0.2) is 33.5 Å². The highest BCUT2D eigenvalue weighted by atomic mass is 16.5. The average molecular weight is 403 g/mol. The number of aromatic amines is 1. The van der Waals surface area contributed by atoms with Crippen molar-refractivity contribution in [3.8, 4) is 0 Å². The van der Waals surface area contributed by atoms with Gasteiger partial charge in [-0.2, -0.15) is 0 Å². The quantitative estimate of drug-likeness (QED) is 0.333. The molecule has 0 radical (unpaired) electrons. The van der Waals surface area contributed by atoms with Crippen LogP contribution in [0.15, 0.2) is 54.7 Å². The van der Waals surface area contributed by atoms with E-state index in [1.807, 2.05) is 35.4 Å². The van der Waals surface area contributed by atoms with Crippen molar-refractivity contribution < 1.29 is 14.8 Å². The van der Waals surface area contributed by atoms with Crippen LogP contribution in [0.4, 0.5) is 0 Å². The van der Waals surface area contributed by atoms with Gasteiger partial charge in [0.25, 0.3) is 5.91 Å². The molecule has 1 unspecified atom stereocenters. The Morgan fingerprint density at radius 1 is 1.27 bits per heavy atom. The largest absolute Gasteiger partial charge is 0.361 e. The van der Waals surface area contributed by atoms with Crippen molar-refractivity contribution in [2.45, 2.75) is 32.2 Å². The maximum atomic E-state index is 12.5. The number of nitrogens with zero attached hydrogens (tertiary/aromatic N) is 1. The molecule has 2 aromatic carbocycles. The Morgan fingerprint density at radius 3 is 2.90 bits per heavy atom. The van der Waals surface area contributed by atoms with Crippen molar-refractivity contribution in [3.63, 3.8) is 0 Å². The van der Waals surface area contributed by atoms with E-state index in [0.29, 0.717) is 6.54 Å². The highest BCUT2D eigenvalue weighted by Gasteiger charge is 2.29. The Hall–Kier alpha value is -3.38. The fourth-order valence-electron chi connectivity index (χ4n) is 4.36. The Balaban J connectivity index is 1.51. The summed E-state index contributed by atoms with van der Waals surface area (Å²) in [6, 6.07) is 14.3. The molecule has 1 aromatic heterocycles. The molecule has 0 saturated carbocycles. The second-order valence-corrected chi connectivity index (χ2v) is 7.64. The normalized spacial score (nSPS) is 15.5. The first-order valence-electron chi connectivity index (χ1n) is 10.1. The zero-order chi connectivity index (χ0) is 21.1. The monoisotopic (exact) mass is 403 g/mol. The number of H-pyrrole nitrogens is 1. The first-order chi connectivity index (χ1) is 14.6. The minimum absolute atomic E-state index is 0.0708. The molecule has 0 spiro atoms. The van der Waals surface area contributed by atoms with Gasteiger partial charge in [0.15, 0.2) is 0 Å². The van der Waals surface area contributed by atoms with Gasteiger partial charge in [-0.25, -0.2) is 5.48 Å². The summed E-state index contributed by atoms with van der Waals surface area (Å²) in [6.45, 7) is 2.30. The van der Waals surface area contributed by atoms with Gasteiger partial charge in [0, 0.05) is 36.6 Å². The third-order valence-corrected chi connectivity index (χ3v) is 5.83. The first-order valence-corrected chi connectivity index (χ1v) is 10.1. The predicted molar refractivity (Wildman–Crippen MR) is 116 cm³/mol. The van der Waals surface area contributed by atoms with Crippen molar-refractivity contribution in [1.82, 2.24) is 15.4 Å². The fraction of sp³-hybridized carbons (Fsp3) is 0.250. The maximum Gasteiger partial charge on any atom is 0.267 e. The standard InChI is InChI=1S/C24H25N3O3/c1-16(28)27(13-12-19-15-25-22-5-3-2-4-20(19)22)23-10-8-18-14-17(6-9-21(18)23)7-11-24(29)26-30/h2-7,9,11,14-15,23,25,30H,8,10,12-13H2,1H3,(H,26,29)/b11-7+. The van der Waals surface area contributed by atoms with Gasteiger partial charge in [-0.1, -0.05) is 36.4 Å². The molecule has 0 fully saturated rings. The molecule has 1 atom stereocenters. The lowest BCUT2D eigenvalue weighted by atomic mass is 10.0. The van der Waals surface area contributed by atoms with Crippen molar-refractivity contribution >= 4 is 28.8 Å². The molecule has 0 aliphatic heterocycles. The molecule has 6 nitrogen and oxygen atoms in total. The number of rotatable bonds is 6. The summed E-state index contributed by atoms with van der Waals surface area (Å²) in [7, 11) is 0. The van der Waals surface area contributed by atoms with E-state index in [1.165, 1.54) is 28.2 Å². The topological polar surface area (TPSA) is 85.4 Å². The summed E-state index contributed by atoms with van der Waals surface area (Å²) in [6.07, 6.45) is 7.58. The van der Waals surface area contributed by atoms with Crippen LogP contribution in [0.2, 0.25) is 0 Å². The lowest BCUT2D eigenvalue weighted by Crippen LogP contribution is -2.33. The zero-order valence-corrected chi connectivity index (χ0v) is 16.9. The number of benzene rings is 2. The molecule has 1 heterocycles. The van der Waals surface area contributed by atoms with Crippen molar-refractivity contribution in [2.75, 3.05) is 6.54 Å². The van der Waals surface area contributed by atoms with Crippen LogP contribution in [0.3, 0.4) is 0 Å². The van der Waals surface area contributed by atoms with Gasteiger partial charge in [-0.05, 0) is 53.7 Å². The van der Waals surface area contributed by atoms with E-state index in [2.05, 4.69) is 23.2 Å². The summed E-state index contributed by atoms with van der Waals surface area (Å²) < 4.78 is 0. The van der Waals surface area contributed by atoms with E-state index in [-0.39, 0.29) is 11.9 Å². The van der Waals surface area contributed by atoms with Crippen LogP contribution < -0.4 is 5.48 Å². The third-order valence-electron chi connectivity index (χ3n) is 5.83. The molecule has 2 amide bonds. The van der Waals surface area contributed by atoms with Crippen LogP contribution in [0, 0.1) is 0 Å². The number of carbonyl (C=O) groups excluding carboxylic acids is 2. The molecule has 1 aliphatic carbocycles.